The number of amides is 3. The summed E-state index contributed by atoms with van der Waals surface area (Å²) in [6, 6.07) is 3.60. The Morgan fingerprint density at radius 1 is 1.42 bits per heavy atom. The molecule has 0 bridgehead atoms. The highest BCUT2D eigenvalue weighted by molar-refractivity contribution is 7.09. The fourth-order valence-corrected chi connectivity index (χ4v) is 3.37. The van der Waals surface area contributed by atoms with Gasteiger partial charge in [0.2, 0.25) is 5.91 Å². The number of urea groups is 1. The van der Waals surface area contributed by atoms with Crippen LogP contribution in [0.4, 0.5) is 4.79 Å². The molecular formula is C17H27N3O3S. The summed E-state index contributed by atoms with van der Waals surface area (Å²) in [6.07, 6.45) is 2.26. The third-order valence-corrected chi connectivity index (χ3v) is 4.42. The van der Waals surface area contributed by atoms with Crippen LogP contribution in [0.2, 0.25) is 0 Å². The van der Waals surface area contributed by atoms with Crippen molar-refractivity contribution in [2.75, 3.05) is 19.7 Å². The Hall–Kier alpha value is -1.44. The molecule has 0 unspecified atom stereocenters. The van der Waals surface area contributed by atoms with Gasteiger partial charge in [-0.05, 0) is 45.1 Å². The van der Waals surface area contributed by atoms with E-state index < -0.39 is 6.03 Å². The molecule has 0 aromatic carbocycles. The number of hydrogen-bond acceptors (Lipinski definition) is 5. The van der Waals surface area contributed by atoms with Gasteiger partial charge in [-0.1, -0.05) is 6.07 Å². The number of imide groups is 1. The molecule has 0 saturated carbocycles. The maximum atomic E-state index is 12.2. The van der Waals surface area contributed by atoms with Crippen molar-refractivity contribution < 1.29 is 14.3 Å². The summed E-state index contributed by atoms with van der Waals surface area (Å²) in [4.78, 5) is 27.3. The summed E-state index contributed by atoms with van der Waals surface area (Å²) in [5.41, 5.74) is -0.376. The molecule has 2 N–H and O–H groups in total. The van der Waals surface area contributed by atoms with Gasteiger partial charge in [0, 0.05) is 30.1 Å². The minimum absolute atomic E-state index is 0.168. The normalized spacial score (nSPS) is 17.9. The third-order valence-electron chi connectivity index (χ3n) is 3.55. The quantitative estimate of drug-likeness (QED) is 0.824. The van der Waals surface area contributed by atoms with Gasteiger partial charge in [-0.25, -0.2) is 4.79 Å². The molecule has 1 aliphatic rings. The number of ether oxygens (including phenoxy) is 1. The fraction of sp³-hybridized carbons (Fsp3) is 0.647. The Morgan fingerprint density at radius 2 is 2.21 bits per heavy atom. The van der Waals surface area contributed by atoms with E-state index in [1.54, 1.807) is 11.3 Å². The molecule has 6 nitrogen and oxygen atoms in total. The lowest BCUT2D eigenvalue weighted by atomic mass is 10.1. The molecule has 24 heavy (non-hydrogen) atoms. The van der Waals surface area contributed by atoms with Crippen molar-refractivity contribution in [1.82, 2.24) is 15.5 Å². The average Bonchev–Trinajstić information content (AvgIpc) is 3.09. The molecule has 1 fully saturated rings. The minimum Gasteiger partial charge on any atom is -0.377 e. The predicted octanol–water partition coefficient (Wildman–Crippen LogP) is 2.35. The highest BCUT2D eigenvalue weighted by Gasteiger charge is 2.22. The van der Waals surface area contributed by atoms with Crippen LogP contribution < -0.4 is 10.6 Å². The van der Waals surface area contributed by atoms with E-state index in [2.05, 4.69) is 16.7 Å². The van der Waals surface area contributed by atoms with Crippen LogP contribution in [-0.2, 0) is 16.1 Å². The molecule has 1 aromatic heterocycles. The summed E-state index contributed by atoms with van der Waals surface area (Å²) in [5, 5.41) is 7.16. The average molecular weight is 353 g/mol. The van der Waals surface area contributed by atoms with E-state index in [0.29, 0.717) is 13.1 Å². The third kappa shape index (κ3) is 6.98. The SMILES string of the molecule is CC(C)(C)NC(=O)NC(=O)CN(Cc1cccs1)C[C@H]1CCCO1. The molecule has 3 amide bonds. The summed E-state index contributed by atoms with van der Waals surface area (Å²) in [6.45, 7) is 7.97. The van der Waals surface area contributed by atoms with Crippen molar-refractivity contribution in [2.45, 2.75) is 51.8 Å². The Bertz CT molecular complexity index is 534. The number of hydrogen-bond donors (Lipinski definition) is 2. The van der Waals surface area contributed by atoms with Gasteiger partial charge in [0.25, 0.3) is 0 Å². The Kier molecular flexibility index (Phi) is 6.77. The highest BCUT2D eigenvalue weighted by Crippen LogP contribution is 2.17. The highest BCUT2D eigenvalue weighted by atomic mass is 32.1. The zero-order valence-corrected chi connectivity index (χ0v) is 15.4. The van der Waals surface area contributed by atoms with E-state index in [-0.39, 0.29) is 24.1 Å². The molecule has 2 heterocycles. The van der Waals surface area contributed by atoms with Crippen LogP contribution in [0, 0.1) is 0 Å². The van der Waals surface area contributed by atoms with Gasteiger partial charge in [-0.2, -0.15) is 0 Å². The first-order chi connectivity index (χ1) is 11.3. The number of rotatable bonds is 6. The van der Waals surface area contributed by atoms with Gasteiger partial charge in [0.05, 0.1) is 12.6 Å². The largest absolute Gasteiger partial charge is 0.377 e. The summed E-state index contributed by atoms with van der Waals surface area (Å²) < 4.78 is 5.68. The first-order valence-corrected chi connectivity index (χ1v) is 9.18. The van der Waals surface area contributed by atoms with E-state index in [1.165, 1.54) is 4.88 Å². The lowest BCUT2D eigenvalue weighted by Crippen LogP contribution is -2.50. The van der Waals surface area contributed by atoms with Crippen molar-refractivity contribution in [3.63, 3.8) is 0 Å². The first kappa shape index (κ1) is 18.9. The molecule has 1 aromatic rings. The first-order valence-electron chi connectivity index (χ1n) is 8.30. The molecule has 0 spiro atoms. The molecule has 7 heteroatoms. The van der Waals surface area contributed by atoms with Crippen LogP contribution in [0.15, 0.2) is 17.5 Å². The summed E-state index contributed by atoms with van der Waals surface area (Å²) in [5.74, 6) is -0.300. The van der Waals surface area contributed by atoms with E-state index >= 15 is 0 Å². The van der Waals surface area contributed by atoms with Gasteiger partial charge < -0.3 is 10.1 Å². The summed E-state index contributed by atoms with van der Waals surface area (Å²) in [7, 11) is 0. The van der Waals surface area contributed by atoms with E-state index in [1.807, 2.05) is 37.1 Å². The number of carbonyl (C=O) groups excluding carboxylic acids is 2. The van der Waals surface area contributed by atoms with Crippen LogP contribution in [-0.4, -0.2) is 48.2 Å². The summed E-state index contributed by atoms with van der Waals surface area (Å²) >= 11 is 1.66. The van der Waals surface area contributed by atoms with Crippen molar-refractivity contribution in [3.8, 4) is 0 Å². The zero-order chi connectivity index (χ0) is 17.6. The maximum Gasteiger partial charge on any atom is 0.321 e. The number of nitrogens with zero attached hydrogens (tertiary/aromatic N) is 1. The van der Waals surface area contributed by atoms with Crippen molar-refractivity contribution >= 4 is 23.3 Å². The number of nitrogens with one attached hydrogen (secondary N) is 2. The van der Waals surface area contributed by atoms with Crippen molar-refractivity contribution in [1.29, 1.82) is 0 Å². The molecule has 1 aliphatic heterocycles. The molecule has 134 valence electrons. The van der Waals surface area contributed by atoms with Crippen molar-refractivity contribution in [3.05, 3.63) is 22.4 Å². The molecule has 1 saturated heterocycles. The Morgan fingerprint density at radius 3 is 2.79 bits per heavy atom. The van der Waals surface area contributed by atoms with Crippen molar-refractivity contribution in [2.24, 2.45) is 0 Å². The molecule has 1 atom stereocenters. The van der Waals surface area contributed by atoms with Gasteiger partial charge in [-0.3, -0.25) is 15.0 Å². The minimum atomic E-state index is -0.458. The topological polar surface area (TPSA) is 70.7 Å². The second kappa shape index (κ2) is 8.60. The van der Waals surface area contributed by atoms with Crippen LogP contribution in [0.3, 0.4) is 0 Å². The van der Waals surface area contributed by atoms with E-state index in [0.717, 1.165) is 19.4 Å². The van der Waals surface area contributed by atoms with Gasteiger partial charge in [0.1, 0.15) is 0 Å². The fourth-order valence-electron chi connectivity index (χ4n) is 2.63. The van der Waals surface area contributed by atoms with Gasteiger partial charge in [-0.15, -0.1) is 11.3 Å². The molecular weight excluding hydrogens is 326 g/mol. The monoisotopic (exact) mass is 353 g/mol. The second-order valence-electron chi connectivity index (χ2n) is 7.14. The zero-order valence-electron chi connectivity index (χ0n) is 14.6. The van der Waals surface area contributed by atoms with Crippen LogP contribution in [0.1, 0.15) is 38.5 Å². The lowest BCUT2D eigenvalue weighted by molar-refractivity contribution is -0.121. The number of carbonyl (C=O) groups is 2. The van der Waals surface area contributed by atoms with Gasteiger partial charge in [0.15, 0.2) is 0 Å². The van der Waals surface area contributed by atoms with Gasteiger partial charge >= 0.3 is 6.03 Å². The number of thiophene rings is 1. The Balaban J connectivity index is 1.88. The molecule has 0 aliphatic carbocycles. The van der Waals surface area contributed by atoms with Crippen LogP contribution in [0.25, 0.3) is 0 Å². The molecule has 2 rings (SSSR count). The van der Waals surface area contributed by atoms with Crippen LogP contribution in [0.5, 0.6) is 0 Å². The smallest absolute Gasteiger partial charge is 0.321 e. The standard InChI is InChI=1S/C17H27N3O3S/c1-17(2,3)19-16(22)18-15(21)12-20(10-13-6-4-8-23-13)11-14-7-5-9-24-14/h5,7,9,13H,4,6,8,10-12H2,1-3H3,(H2,18,19,21,22)/t13-/m1/s1. The van der Waals surface area contributed by atoms with E-state index in [9.17, 15) is 9.59 Å². The van der Waals surface area contributed by atoms with Crippen LogP contribution >= 0.6 is 11.3 Å². The van der Waals surface area contributed by atoms with E-state index in [4.69, 9.17) is 4.74 Å². The lowest BCUT2D eigenvalue weighted by Gasteiger charge is -2.25. The predicted molar refractivity (Wildman–Crippen MR) is 95.0 cm³/mol. The second-order valence-corrected chi connectivity index (χ2v) is 8.17. The Labute approximate surface area is 147 Å². The molecule has 0 radical (unpaired) electrons. The maximum absolute atomic E-state index is 12.2.